The van der Waals surface area contributed by atoms with Gasteiger partial charge in [-0.1, -0.05) is 6.07 Å². The largest absolute Gasteiger partial charge is 0.496 e. The third-order valence-corrected chi connectivity index (χ3v) is 3.98. The average Bonchev–Trinajstić information content (AvgIpc) is 2.70. The summed E-state index contributed by atoms with van der Waals surface area (Å²) in [6.45, 7) is 0.544. The summed E-state index contributed by atoms with van der Waals surface area (Å²) in [4.78, 5) is 17.9. The predicted molar refractivity (Wildman–Crippen MR) is 101 cm³/mol. The van der Waals surface area contributed by atoms with Crippen LogP contribution in [0.5, 0.6) is 17.2 Å². The summed E-state index contributed by atoms with van der Waals surface area (Å²) in [6, 6.07) is 7.39. The number of hydrogen-bond acceptors (Lipinski definition) is 5. The van der Waals surface area contributed by atoms with Gasteiger partial charge in [-0.05, 0) is 35.8 Å². The smallest absolute Gasteiger partial charge is 0.246 e. The van der Waals surface area contributed by atoms with E-state index in [0.29, 0.717) is 30.2 Å². The van der Waals surface area contributed by atoms with E-state index in [1.54, 1.807) is 63.9 Å². The SMILES string of the molecule is COc1cc(OC)c(OC)cc1CCN(C)C(=O)/C=C/c1cccnc1. The highest BCUT2D eigenvalue weighted by molar-refractivity contribution is 5.91. The number of rotatable bonds is 8. The van der Waals surface area contributed by atoms with Gasteiger partial charge in [-0.25, -0.2) is 0 Å². The molecule has 0 aliphatic heterocycles. The number of carbonyl (C=O) groups is 1. The number of hydrogen-bond donors (Lipinski definition) is 0. The third-order valence-electron chi connectivity index (χ3n) is 3.98. The molecule has 0 fully saturated rings. The lowest BCUT2D eigenvalue weighted by Crippen LogP contribution is -2.27. The maximum atomic E-state index is 12.3. The second-order valence-corrected chi connectivity index (χ2v) is 5.65. The lowest BCUT2D eigenvalue weighted by molar-refractivity contribution is -0.124. The molecule has 0 atom stereocenters. The van der Waals surface area contributed by atoms with Gasteiger partial charge in [-0.15, -0.1) is 0 Å². The molecule has 6 nitrogen and oxygen atoms in total. The summed E-state index contributed by atoms with van der Waals surface area (Å²) in [7, 11) is 6.55. The van der Waals surface area contributed by atoms with Crippen LogP contribution in [0.15, 0.2) is 42.7 Å². The van der Waals surface area contributed by atoms with Crippen molar-refractivity contribution < 1.29 is 19.0 Å². The van der Waals surface area contributed by atoms with Gasteiger partial charge in [0.2, 0.25) is 5.91 Å². The molecule has 0 saturated carbocycles. The molecule has 0 aliphatic carbocycles. The van der Waals surface area contributed by atoms with E-state index in [1.165, 1.54) is 0 Å². The fourth-order valence-corrected chi connectivity index (χ4v) is 2.46. The van der Waals surface area contributed by atoms with Crippen LogP contribution in [0, 0.1) is 0 Å². The Morgan fingerprint density at radius 3 is 2.42 bits per heavy atom. The molecule has 26 heavy (non-hydrogen) atoms. The van der Waals surface area contributed by atoms with Gasteiger partial charge < -0.3 is 19.1 Å². The van der Waals surface area contributed by atoms with Crippen molar-refractivity contribution in [3.63, 3.8) is 0 Å². The lowest BCUT2D eigenvalue weighted by atomic mass is 10.1. The maximum absolute atomic E-state index is 12.3. The zero-order valence-electron chi connectivity index (χ0n) is 15.6. The van der Waals surface area contributed by atoms with Gasteiger partial charge in [-0.3, -0.25) is 9.78 Å². The molecule has 0 saturated heterocycles. The van der Waals surface area contributed by atoms with Crippen LogP contribution in [0.25, 0.3) is 6.08 Å². The molecule has 0 radical (unpaired) electrons. The first kappa shape index (κ1) is 19.3. The van der Waals surface area contributed by atoms with Crippen LogP contribution in [0.2, 0.25) is 0 Å². The first-order valence-corrected chi connectivity index (χ1v) is 8.21. The Morgan fingerprint density at radius 1 is 1.12 bits per heavy atom. The van der Waals surface area contributed by atoms with Crippen LogP contribution < -0.4 is 14.2 Å². The summed E-state index contributed by atoms with van der Waals surface area (Å²) in [5, 5.41) is 0. The molecule has 2 rings (SSSR count). The first-order valence-electron chi connectivity index (χ1n) is 8.21. The molecule has 1 aromatic carbocycles. The highest BCUT2D eigenvalue weighted by atomic mass is 16.5. The Morgan fingerprint density at radius 2 is 1.81 bits per heavy atom. The molecule has 1 aromatic heterocycles. The Labute approximate surface area is 154 Å². The van der Waals surface area contributed by atoms with E-state index in [4.69, 9.17) is 14.2 Å². The minimum Gasteiger partial charge on any atom is -0.496 e. The van der Waals surface area contributed by atoms with Gasteiger partial charge in [0.15, 0.2) is 11.5 Å². The molecule has 138 valence electrons. The normalized spacial score (nSPS) is 10.6. The monoisotopic (exact) mass is 356 g/mol. The fourth-order valence-electron chi connectivity index (χ4n) is 2.46. The van der Waals surface area contributed by atoms with Crippen molar-refractivity contribution in [1.82, 2.24) is 9.88 Å². The molecular weight excluding hydrogens is 332 g/mol. The predicted octanol–water partition coefficient (Wildman–Crippen LogP) is 2.82. The zero-order chi connectivity index (χ0) is 18.9. The molecule has 0 bridgehead atoms. The van der Waals surface area contributed by atoms with Gasteiger partial charge in [0, 0.05) is 38.1 Å². The molecule has 0 unspecified atom stereocenters. The lowest BCUT2D eigenvalue weighted by Gasteiger charge is -2.18. The maximum Gasteiger partial charge on any atom is 0.246 e. The van der Waals surface area contributed by atoms with Gasteiger partial charge in [0.25, 0.3) is 0 Å². The number of amides is 1. The number of methoxy groups -OCH3 is 3. The summed E-state index contributed by atoms with van der Waals surface area (Å²) in [5.41, 5.74) is 1.83. The molecule has 2 aromatic rings. The highest BCUT2D eigenvalue weighted by Gasteiger charge is 2.13. The van der Waals surface area contributed by atoms with Crippen molar-refractivity contribution in [3.8, 4) is 17.2 Å². The van der Waals surface area contributed by atoms with Crippen molar-refractivity contribution in [3.05, 3.63) is 53.9 Å². The number of benzene rings is 1. The van der Waals surface area contributed by atoms with E-state index in [-0.39, 0.29) is 5.91 Å². The average molecular weight is 356 g/mol. The van der Waals surface area contributed by atoms with Crippen LogP contribution in [0.3, 0.4) is 0 Å². The molecular formula is C20H24N2O4. The number of ether oxygens (including phenoxy) is 3. The van der Waals surface area contributed by atoms with Gasteiger partial charge in [-0.2, -0.15) is 0 Å². The second kappa shape index (κ2) is 9.46. The third kappa shape index (κ3) is 4.99. The Balaban J connectivity index is 2.03. The van der Waals surface area contributed by atoms with E-state index < -0.39 is 0 Å². The van der Waals surface area contributed by atoms with Crippen LogP contribution in [0.4, 0.5) is 0 Å². The fraction of sp³-hybridized carbons (Fsp3) is 0.300. The zero-order valence-corrected chi connectivity index (χ0v) is 15.6. The number of aromatic nitrogens is 1. The quantitative estimate of drug-likeness (QED) is 0.681. The molecule has 1 heterocycles. The first-order chi connectivity index (χ1) is 12.6. The summed E-state index contributed by atoms with van der Waals surface area (Å²) in [5.74, 6) is 1.87. The number of likely N-dealkylation sites (N-methyl/N-ethyl adjacent to an activating group) is 1. The molecule has 6 heteroatoms. The number of carbonyl (C=O) groups excluding carboxylic acids is 1. The topological polar surface area (TPSA) is 60.9 Å². The highest BCUT2D eigenvalue weighted by Crippen LogP contribution is 2.34. The minimum absolute atomic E-state index is 0.0757. The molecule has 0 N–H and O–H groups in total. The van der Waals surface area contributed by atoms with Gasteiger partial charge >= 0.3 is 0 Å². The van der Waals surface area contributed by atoms with E-state index in [1.807, 2.05) is 18.2 Å². The number of nitrogens with zero attached hydrogens (tertiary/aromatic N) is 2. The Kier molecular flexibility index (Phi) is 7.02. The van der Waals surface area contributed by atoms with E-state index in [2.05, 4.69) is 4.98 Å². The van der Waals surface area contributed by atoms with E-state index in [0.717, 1.165) is 11.1 Å². The number of pyridine rings is 1. The van der Waals surface area contributed by atoms with Gasteiger partial charge in [0.05, 0.1) is 21.3 Å². The van der Waals surface area contributed by atoms with Gasteiger partial charge in [0.1, 0.15) is 5.75 Å². The standard InChI is InChI=1S/C20H24N2O4/c1-22(20(23)8-7-15-6-5-10-21-14-15)11-9-16-12-18(25-3)19(26-4)13-17(16)24-2/h5-8,10,12-14H,9,11H2,1-4H3/b8-7+. The van der Waals surface area contributed by atoms with Crippen LogP contribution in [-0.2, 0) is 11.2 Å². The van der Waals surface area contributed by atoms with E-state index >= 15 is 0 Å². The second-order valence-electron chi connectivity index (χ2n) is 5.65. The summed E-state index contributed by atoms with van der Waals surface area (Å²) in [6.07, 6.45) is 7.33. The van der Waals surface area contributed by atoms with Crippen molar-refractivity contribution >= 4 is 12.0 Å². The van der Waals surface area contributed by atoms with Crippen LogP contribution in [0.1, 0.15) is 11.1 Å². The van der Waals surface area contributed by atoms with E-state index in [9.17, 15) is 4.79 Å². The van der Waals surface area contributed by atoms with Crippen molar-refractivity contribution in [2.45, 2.75) is 6.42 Å². The minimum atomic E-state index is -0.0757. The van der Waals surface area contributed by atoms with Crippen molar-refractivity contribution in [2.24, 2.45) is 0 Å². The molecule has 1 amide bonds. The Hall–Kier alpha value is -3.02. The summed E-state index contributed by atoms with van der Waals surface area (Å²) >= 11 is 0. The summed E-state index contributed by atoms with van der Waals surface area (Å²) < 4.78 is 16.1. The van der Waals surface area contributed by atoms with Crippen LogP contribution >= 0.6 is 0 Å². The van der Waals surface area contributed by atoms with Crippen molar-refractivity contribution in [2.75, 3.05) is 34.9 Å². The van der Waals surface area contributed by atoms with Crippen LogP contribution in [-0.4, -0.2) is 50.7 Å². The molecule has 0 aliphatic rings. The van der Waals surface area contributed by atoms with Crippen molar-refractivity contribution in [1.29, 1.82) is 0 Å². The molecule has 0 spiro atoms. The Bertz CT molecular complexity index is 760.